The SMILES string of the molecule is O=C(O)CSc1cnc(Cl)nc1Cl. The van der Waals surface area contributed by atoms with E-state index < -0.39 is 5.97 Å². The van der Waals surface area contributed by atoms with Gasteiger partial charge in [0.15, 0.2) is 0 Å². The summed E-state index contributed by atoms with van der Waals surface area (Å²) in [6.45, 7) is 0. The van der Waals surface area contributed by atoms with Crippen molar-refractivity contribution in [1.82, 2.24) is 9.97 Å². The molecule has 0 saturated heterocycles. The molecule has 13 heavy (non-hydrogen) atoms. The quantitative estimate of drug-likeness (QED) is 0.496. The van der Waals surface area contributed by atoms with Crippen molar-refractivity contribution in [1.29, 1.82) is 0 Å². The minimum absolute atomic E-state index is 0.0460. The molecule has 0 aliphatic rings. The highest BCUT2D eigenvalue weighted by atomic mass is 35.5. The Labute approximate surface area is 88.3 Å². The van der Waals surface area contributed by atoms with E-state index in [0.29, 0.717) is 4.90 Å². The lowest BCUT2D eigenvalue weighted by Crippen LogP contribution is -1.98. The zero-order valence-corrected chi connectivity index (χ0v) is 8.53. The van der Waals surface area contributed by atoms with Crippen LogP contribution in [-0.4, -0.2) is 26.8 Å². The van der Waals surface area contributed by atoms with Gasteiger partial charge >= 0.3 is 5.97 Å². The summed E-state index contributed by atoms with van der Waals surface area (Å²) in [6.07, 6.45) is 1.39. The fraction of sp³-hybridized carbons (Fsp3) is 0.167. The third-order valence-corrected chi connectivity index (χ3v) is 2.62. The number of carboxylic acid groups (broad SMARTS) is 1. The number of thioether (sulfide) groups is 1. The van der Waals surface area contributed by atoms with E-state index >= 15 is 0 Å². The molecule has 0 amide bonds. The summed E-state index contributed by atoms with van der Waals surface area (Å²) in [7, 11) is 0. The van der Waals surface area contributed by atoms with Crippen molar-refractivity contribution in [3.05, 3.63) is 16.6 Å². The maximum Gasteiger partial charge on any atom is 0.313 e. The van der Waals surface area contributed by atoms with Crippen LogP contribution in [0.4, 0.5) is 0 Å². The Balaban J connectivity index is 2.72. The van der Waals surface area contributed by atoms with E-state index in [1.165, 1.54) is 6.20 Å². The van der Waals surface area contributed by atoms with Crippen molar-refractivity contribution in [3.63, 3.8) is 0 Å². The van der Waals surface area contributed by atoms with Crippen molar-refractivity contribution >= 4 is 40.9 Å². The van der Waals surface area contributed by atoms with Gasteiger partial charge in [-0.2, -0.15) is 0 Å². The summed E-state index contributed by atoms with van der Waals surface area (Å²) in [4.78, 5) is 18.1. The molecule has 1 aromatic rings. The zero-order valence-electron chi connectivity index (χ0n) is 6.20. The lowest BCUT2D eigenvalue weighted by Gasteiger charge is -1.99. The van der Waals surface area contributed by atoms with E-state index in [9.17, 15) is 4.79 Å². The van der Waals surface area contributed by atoms with Crippen LogP contribution in [0.3, 0.4) is 0 Å². The van der Waals surface area contributed by atoms with Gasteiger partial charge in [0.05, 0.1) is 10.6 Å². The fourth-order valence-electron chi connectivity index (χ4n) is 0.566. The topological polar surface area (TPSA) is 63.1 Å². The third kappa shape index (κ3) is 3.38. The highest BCUT2D eigenvalue weighted by Crippen LogP contribution is 2.24. The molecule has 0 bridgehead atoms. The molecular formula is C6H4Cl2N2O2S. The number of halogens is 2. The number of hydrogen-bond donors (Lipinski definition) is 1. The number of nitrogens with zero attached hydrogens (tertiary/aromatic N) is 2. The Hall–Kier alpha value is -0.520. The standard InChI is InChI=1S/C6H4Cl2N2O2S/c7-5-3(13-2-4(11)12)1-9-6(8)10-5/h1H,2H2,(H,11,12). The number of hydrogen-bond acceptors (Lipinski definition) is 4. The molecule has 4 nitrogen and oxygen atoms in total. The summed E-state index contributed by atoms with van der Waals surface area (Å²) < 4.78 is 0. The molecule has 1 N–H and O–H groups in total. The average molecular weight is 239 g/mol. The van der Waals surface area contributed by atoms with Crippen molar-refractivity contribution in [2.24, 2.45) is 0 Å². The van der Waals surface area contributed by atoms with E-state index in [1.54, 1.807) is 0 Å². The van der Waals surface area contributed by atoms with E-state index in [4.69, 9.17) is 28.3 Å². The van der Waals surface area contributed by atoms with Gasteiger partial charge in [0.1, 0.15) is 5.15 Å². The Morgan fingerprint density at radius 1 is 1.62 bits per heavy atom. The van der Waals surface area contributed by atoms with Crippen LogP contribution in [0.5, 0.6) is 0 Å². The number of carbonyl (C=O) groups is 1. The van der Waals surface area contributed by atoms with E-state index in [0.717, 1.165) is 11.8 Å². The van der Waals surface area contributed by atoms with Gasteiger partial charge in [0, 0.05) is 6.20 Å². The summed E-state index contributed by atoms with van der Waals surface area (Å²) in [5.74, 6) is -0.999. The molecule has 1 aromatic heterocycles. The van der Waals surface area contributed by atoms with Crippen LogP contribution in [0.15, 0.2) is 11.1 Å². The van der Waals surface area contributed by atoms with Crippen LogP contribution in [0.2, 0.25) is 10.4 Å². The minimum Gasteiger partial charge on any atom is -0.481 e. The fourth-order valence-corrected chi connectivity index (χ4v) is 1.61. The molecule has 0 saturated carbocycles. The molecule has 0 unspecified atom stereocenters. The average Bonchev–Trinajstić information content (AvgIpc) is 2.02. The Morgan fingerprint density at radius 3 is 2.85 bits per heavy atom. The predicted molar refractivity (Wildman–Crippen MR) is 50.4 cm³/mol. The molecule has 1 heterocycles. The third-order valence-electron chi connectivity index (χ3n) is 1.03. The number of aliphatic carboxylic acids is 1. The summed E-state index contributed by atoms with van der Waals surface area (Å²) in [5, 5.41) is 8.61. The second kappa shape index (κ2) is 4.64. The van der Waals surface area contributed by atoms with Crippen LogP contribution in [0, 0.1) is 0 Å². The molecule has 70 valence electrons. The van der Waals surface area contributed by atoms with Gasteiger partial charge in [-0.15, -0.1) is 11.8 Å². The number of aromatic nitrogens is 2. The van der Waals surface area contributed by atoms with Crippen molar-refractivity contribution in [2.75, 3.05) is 5.75 Å². The number of rotatable bonds is 3. The minimum atomic E-state index is -0.920. The normalized spacial score (nSPS) is 10.0. The second-order valence-electron chi connectivity index (χ2n) is 1.98. The molecule has 0 radical (unpaired) electrons. The first-order valence-electron chi connectivity index (χ1n) is 3.12. The molecule has 0 aliphatic carbocycles. The van der Waals surface area contributed by atoms with Crippen LogP contribution in [0.25, 0.3) is 0 Å². The summed E-state index contributed by atoms with van der Waals surface area (Å²) in [6, 6.07) is 0. The van der Waals surface area contributed by atoms with Gasteiger partial charge < -0.3 is 5.11 Å². The molecular weight excluding hydrogens is 235 g/mol. The number of carboxylic acids is 1. The van der Waals surface area contributed by atoms with Crippen LogP contribution < -0.4 is 0 Å². The summed E-state index contributed by atoms with van der Waals surface area (Å²) >= 11 is 12.2. The molecule has 0 fully saturated rings. The second-order valence-corrected chi connectivity index (χ2v) is 3.69. The first-order chi connectivity index (χ1) is 6.09. The van der Waals surface area contributed by atoms with Crippen LogP contribution >= 0.6 is 35.0 Å². The van der Waals surface area contributed by atoms with Gasteiger partial charge in [0.25, 0.3) is 0 Å². The molecule has 0 aromatic carbocycles. The summed E-state index contributed by atoms with van der Waals surface area (Å²) in [5.41, 5.74) is 0. The lowest BCUT2D eigenvalue weighted by atomic mass is 10.7. The van der Waals surface area contributed by atoms with Crippen molar-refractivity contribution in [2.45, 2.75) is 4.90 Å². The molecule has 0 spiro atoms. The first-order valence-corrected chi connectivity index (χ1v) is 4.86. The van der Waals surface area contributed by atoms with Gasteiger partial charge in [-0.25, -0.2) is 9.97 Å². The Morgan fingerprint density at radius 2 is 2.31 bits per heavy atom. The molecule has 1 rings (SSSR count). The molecule has 7 heteroatoms. The predicted octanol–water partition coefficient (Wildman–Crippen LogP) is 1.96. The molecule has 0 atom stereocenters. The smallest absolute Gasteiger partial charge is 0.313 e. The van der Waals surface area contributed by atoms with Crippen LogP contribution in [-0.2, 0) is 4.79 Å². The van der Waals surface area contributed by atoms with Crippen molar-refractivity contribution < 1.29 is 9.90 Å². The largest absolute Gasteiger partial charge is 0.481 e. The van der Waals surface area contributed by atoms with E-state index in [1.807, 2.05) is 0 Å². The highest BCUT2D eigenvalue weighted by molar-refractivity contribution is 8.00. The monoisotopic (exact) mass is 238 g/mol. The van der Waals surface area contributed by atoms with Gasteiger partial charge in [-0.3, -0.25) is 4.79 Å². The first kappa shape index (κ1) is 10.6. The maximum absolute atomic E-state index is 10.2. The van der Waals surface area contributed by atoms with E-state index in [2.05, 4.69) is 9.97 Å². The van der Waals surface area contributed by atoms with E-state index in [-0.39, 0.29) is 16.2 Å². The van der Waals surface area contributed by atoms with Crippen molar-refractivity contribution in [3.8, 4) is 0 Å². The van der Waals surface area contributed by atoms with Gasteiger partial charge in [-0.1, -0.05) is 11.6 Å². The Kier molecular flexibility index (Phi) is 3.77. The Bertz CT molecular complexity index is 334. The van der Waals surface area contributed by atoms with Gasteiger partial charge in [-0.05, 0) is 11.6 Å². The molecule has 0 aliphatic heterocycles. The van der Waals surface area contributed by atoms with Crippen LogP contribution in [0.1, 0.15) is 0 Å². The highest BCUT2D eigenvalue weighted by Gasteiger charge is 2.06. The maximum atomic E-state index is 10.2. The lowest BCUT2D eigenvalue weighted by molar-refractivity contribution is -0.133. The van der Waals surface area contributed by atoms with Gasteiger partial charge in [0.2, 0.25) is 5.28 Å². The zero-order chi connectivity index (χ0) is 9.84.